The molecule has 1 aliphatic rings. The zero-order valence-corrected chi connectivity index (χ0v) is 11.4. The number of amides is 1. The third-order valence-corrected chi connectivity index (χ3v) is 4.54. The summed E-state index contributed by atoms with van der Waals surface area (Å²) in [6.07, 6.45) is 2.10. The molecule has 19 heavy (non-hydrogen) atoms. The predicted molar refractivity (Wildman–Crippen MR) is 73.5 cm³/mol. The Hall–Kier alpha value is -1.62. The van der Waals surface area contributed by atoms with Gasteiger partial charge in [0, 0.05) is 23.2 Å². The largest absolute Gasteiger partial charge is 0.494 e. The molecule has 2 heterocycles. The summed E-state index contributed by atoms with van der Waals surface area (Å²) < 4.78 is 19.5. The summed E-state index contributed by atoms with van der Waals surface area (Å²) in [6.45, 7) is 1.59. The number of halogens is 1. The molecule has 3 rings (SSSR count). The van der Waals surface area contributed by atoms with E-state index in [1.165, 1.54) is 30.6 Å². The Morgan fingerprint density at radius 1 is 1.37 bits per heavy atom. The second kappa shape index (κ2) is 4.81. The van der Waals surface area contributed by atoms with Gasteiger partial charge in [-0.3, -0.25) is 4.79 Å². The summed E-state index contributed by atoms with van der Waals surface area (Å²) in [5.74, 6) is 0.177. The van der Waals surface area contributed by atoms with Crippen LogP contribution in [-0.2, 0) is 0 Å². The molecule has 5 heteroatoms. The van der Waals surface area contributed by atoms with Crippen molar-refractivity contribution in [3.05, 3.63) is 28.9 Å². The first-order valence-corrected chi connectivity index (χ1v) is 7.07. The van der Waals surface area contributed by atoms with Crippen LogP contribution in [0.1, 0.15) is 22.5 Å². The number of carbonyl (C=O) groups is 1. The van der Waals surface area contributed by atoms with Crippen LogP contribution in [0.25, 0.3) is 10.1 Å². The maximum absolute atomic E-state index is 13.3. The van der Waals surface area contributed by atoms with Crippen LogP contribution in [0.15, 0.2) is 18.2 Å². The van der Waals surface area contributed by atoms with E-state index in [1.54, 1.807) is 6.07 Å². The first kappa shape index (κ1) is 12.4. The summed E-state index contributed by atoms with van der Waals surface area (Å²) in [5, 5.41) is 0.676. The molecule has 0 bridgehead atoms. The van der Waals surface area contributed by atoms with E-state index in [1.807, 2.05) is 4.90 Å². The minimum absolute atomic E-state index is 0.00374. The molecule has 100 valence electrons. The van der Waals surface area contributed by atoms with Crippen molar-refractivity contribution in [1.29, 1.82) is 0 Å². The third kappa shape index (κ3) is 2.08. The fourth-order valence-electron chi connectivity index (χ4n) is 2.45. The Morgan fingerprint density at radius 3 is 2.79 bits per heavy atom. The van der Waals surface area contributed by atoms with E-state index in [2.05, 4.69) is 0 Å². The second-order valence-electron chi connectivity index (χ2n) is 4.60. The van der Waals surface area contributed by atoms with Gasteiger partial charge in [-0.2, -0.15) is 0 Å². The average molecular weight is 279 g/mol. The van der Waals surface area contributed by atoms with Gasteiger partial charge in [0.25, 0.3) is 5.91 Å². The van der Waals surface area contributed by atoms with Gasteiger partial charge in [-0.25, -0.2) is 4.39 Å². The van der Waals surface area contributed by atoms with Crippen LogP contribution in [0.4, 0.5) is 4.39 Å². The van der Waals surface area contributed by atoms with E-state index >= 15 is 0 Å². The molecule has 0 N–H and O–H groups in total. The lowest BCUT2D eigenvalue weighted by atomic mass is 10.2. The summed E-state index contributed by atoms with van der Waals surface area (Å²) in [4.78, 5) is 14.9. The third-order valence-electron chi connectivity index (χ3n) is 3.40. The fraction of sp³-hybridized carbons (Fsp3) is 0.357. The Labute approximate surface area is 114 Å². The zero-order chi connectivity index (χ0) is 13.4. The van der Waals surface area contributed by atoms with E-state index in [0.29, 0.717) is 16.0 Å². The minimum atomic E-state index is -0.316. The summed E-state index contributed by atoms with van der Waals surface area (Å²) in [6, 6.07) is 4.52. The molecule has 0 radical (unpaired) electrons. The Bertz CT molecular complexity index is 632. The summed E-state index contributed by atoms with van der Waals surface area (Å²) in [5.41, 5.74) is 0. The van der Waals surface area contributed by atoms with Crippen LogP contribution in [0, 0.1) is 5.82 Å². The van der Waals surface area contributed by atoms with E-state index in [-0.39, 0.29) is 11.7 Å². The topological polar surface area (TPSA) is 29.5 Å². The minimum Gasteiger partial charge on any atom is -0.494 e. The summed E-state index contributed by atoms with van der Waals surface area (Å²) >= 11 is 1.37. The molecule has 1 fully saturated rings. The van der Waals surface area contributed by atoms with Gasteiger partial charge in [0.05, 0.1) is 7.11 Å². The maximum atomic E-state index is 13.3. The van der Waals surface area contributed by atoms with Gasteiger partial charge in [-0.15, -0.1) is 11.3 Å². The van der Waals surface area contributed by atoms with E-state index in [9.17, 15) is 9.18 Å². The Morgan fingerprint density at radius 2 is 2.11 bits per heavy atom. The van der Waals surface area contributed by atoms with Gasteiger partial charge in [0.15, 0.2) is 0 Å². The van der Waals surface area contributed by atoms with Crippen molar-refractivity contribution in [1.82, 2.24) is 4.90 Å². The van der Waals surface area contributed by atoms with Gasteiger partial charge < -0.3 is 9.64 Å². The number of fused-ring (bicyclic) bond motifs is 1. The molecule has 0 atom stereocenters. The van der Waals surface area contributed by atoms with Crippen LogP contribution in [0.3, 0.4) is 0 Å². The summed E-state index contributed by atoms with van der Waals surface area (Å²) in [7, 11) is 1.52. The van der Waals surface area contributed by atoms with Crippen molar-refractivity contribution >= 4 is 27.3 Å². The van der Waals surface area contributed by atoms with Crippen molar-refractivity contribution in [2.24, 2.45) is 0 Å². The number of carbonyl (C=O) groups excluding carboxylic acids is 1. The Balaban J connectivity index is 2.09. The molecular weight excluding hydrogens is 265 g/mol. The number of rotatable bonds is 2. The molecule has 1 aromatic carbocycles. The van der Waals surface area contributed by atoms with Crippen molar-refractivity contribution < 1.29 is 13.9 Å². The highest BCUT2D eigenvalue weighted by Gasteiger charge is 2.26. The highest BCUT2D eigenvalue weighted by molar-refractivity contribution is 7.21. The van der Waals surface area contributed by atoms with Crippen LogP contribution in [0.2, 0.25) is 0 Å². The molecule has 0 spiro atoms. The highest BCUT2D eigenvalue weighted by Crippen LogP contribution is 2.39. The van der Waals surface area contributed by atoms with Gasteiger partial charge in [0.1, 0.15) is 16.4 Å². The lowest BCUT2D eigenvalue weighted by Crippen LogP contribution is -2.27. The number of methoxy groups -OCH3 is 1. The van der Waals surface area contributed by atoms with E-state index < -0.39 is 0 Å². The Kier molecular flexibility index (Phi) is 3.14. The van der Waals surface area contributed by atoms with Crippen molar-refractivity contribution in [3.8, 4) is 5.75 Å². The fourth-order valence-corrected chi connectivity index (χ4v) is 3.57. The molecule has 1 amide bonds. The van der Waals surface area contributed by atoms with E-state index in [4.69, 9.17) is 4.74 Å². The first-order chi connectivity index (χ1) is 9.20. The molecule has 3 nitrogen and oxygen atoms in total. The van der Waals surface area contributed by atoms with Gasteiger partial charge in [-0.1, -0.05) is 0 Å². The number of hydrogen-bond acceptors (Lipinski definition) is 3. The number of hydrogen-bond donors (Lipinski definition) is 0. The lowest BCUT2D eigenvalue weighted by molar-refractivity contribution is 0.0795. The number of ether oxygens (including phenoxy) is 1. The van der Waals surface area contributed by atoms with Crippen molar-refractivity contribution in [3.63, 3.8) is 0 Å². The smallest absolute Gasteiger partial charge is 0.267 e. The quantitative estimate of drug-likeness (QED) is 0.844. The van der Waals surface area contributed by atoms with Crippen LogP contribution < -0.4 is 4.74 Å². The SMILES string of the molecule is COc1c(C(=O)N2CCCC2)sc2ccc(F)cc12. The molecule has 2 aromatic rings. The molecule has 1 aliphatic heterocycles. The first-order valence-electron chi connectivity index (χ1n) is 6.26. The molecule has 1 aromatic heterocycles. The highest BCUT2D eigenvalue weighted by atomic mass is 32.1. The van der Waals surface area contributed by atoms with Crippen molar-refractivity contribution in [2.45, 2.75) is 12.8 Å². The normalized spacial score (nSPS) is 15.2. The average Bonchev–Trinajstić information content (AvgIpc) is 3.04. The van der Waals surface area contributed by atoms with Gasteiger partial charge in [-0.05, 0) is 31.0 Å². The van der Waals surface area contributed by atoms with Gasteiger partial charge >= 0.3 is 0 Å². The number of thiophene rings is 1. The van der Waals surface area contributed by atoms with Crippen LogP contribution in [-0.4, -0.2) is 31.0 Å². The predicted octanol–water partition coefficient (Wildman–Crippen LogP) is 3.29. The molecule has 0 unspecified atom stereocenters. The van der Waals surface area contributed by atoms with Gasteiger partial charge in [0.2, 0.25) is 0 Å². The second-order valence-corrected chi connectivity index (χ2v) is 5.66. The zero-order valence-electron chi connectivity index (χ0n) is 10.6. The standard InChI is InChI=1S/C14H14FNO2S/c1-18-12-10-8-9(15)4-5-11(10)19-13(12)14(17)16-6-2-3-7-16/h4-5,8H,2-3,6-7H2,1H3. The number of nitrogens with zero attached hydrogens (tertiary/aromatic N) is 1. The monoisotopic (exact) mass is 279 g/mol. The van der Waals surface area contributed by atoms with Crippen LogP contribution >= 0.6 is 11.3 Å². The van der Waals surface area contributed by atoms with Crippen molar-refractivity contribution in [2.75, 3.05) is 20.2 Å². The van der Waals surface area contributed by atoms with E-state index in [0.717, 1.165) is 30.6 Å². The van der Waals surface area contributed by atoms with Crippen LogP contribution in [0.5, 0.6) is 5.75 Å². The number of likely N-dealkylation sites (tertiary alicyclic amines) is 1. The molecule has 0 aliphatic carbocycles. The molecular formula is C14H14FNO2S. The number of benzene rings is 1. The molecule has 0 saturated carbocycles. The molecule has 1 saturated heterocycles. The lowest BCUT2D eigenvalue weighted by Gasteiger charge is -2.14. The maximum Gasteiger partial charge on any atom is 0.267 e.